The van der Waals surface area contributed by atoms with Crippen LogP contribution in [0.25, 0.3) is 0 Å². The number of benzene rings is 2. The van der Waals surface area contributed by atoms with Gasteiger partial charge in [0.1, 0.15) is 5.75 Å². The van der Waals surface area contributed by atoms with E-state index in [2.05, 4.69) is 52.2 Å². The Bertz CT molecular complexity index is 642. The molecule has 1 N–H and O–H groups in total. The number of nitrogens with one attached hydrogen (secondary N) is 1. The first kappa shape index (κ1) is 15.1. The molecule has 1 heterocycles. The highest BCUT2D eigenvalue weighted by molar-refractivity contribution is 14.1. The van der Waals surface area contributed by atoms with Crippen molar-refractivity contribution in [1.29, 1.82) is 0 Å². The van der Waals surface area contributed by atoms with Crippen LogP contribution in [0.5, 0.6) is 5.75 Å². The van der Waals surface area contributed by atoms with Crippen LogP contribution in [0.2, 0.25) is 5.02 Å². The molecule has 0 fully saturated rings. The smallest absolute Gasteiger partial charge is 0.125 e. The number of hydrogen-bond acceptors (Lipinski definition) is 2. The van der Waals surface area contributed by atoms with E-state index >= 15 is 0 Å². The van der Waals surface area contributed by atoms with Crippen LogP contribution in [0.3, 0.4) is 0 Å². The summed E-state index contributed by atoms with van der Waals surface area (Å²) < 4.78 is 7.05. The summed E-state index contributed by atoms with van der Waals surface area (Å²) in [6.45, 7) is 0.760. The van der Waals surface area contributed by atoms with Gasteiger partial charge >= 0.3 is 0 Å². The molecule has 3 rings (SSSR count). The molecule has 1 aliphatic heterocycles. The number of hydrogen-bond donors (Lipinski definition) is 1. The number of fused-ring (bicyclic) bond motifs is 1. The Morgan fingerprint density at radius 2 is 2.05 bits per heavy atom. The van der Waals surface area contributed by atoms with E-state index in [0.29, 0.717) is 0 Å². The molecule has 1 atom stereocenters. The Balaban J connectivity index is 1.89. The van der Waals surface area contributed by atoms with E-state index < -0.39 is 0 Å². The molecule has 2 aromatic carbocycles. The van der Waals surface area contributed by atoms with Crippen LogP contribution in [0.1, 0.15) is 22.7 Å². The molecule has 110 valence electrons. The maximum Gasteiger partial charge on any atom is 0.125 e. The molecule has 0 spiro atoms. The first-order chi connectivity index (χ1) is 10.2. The zero-order chi connectivity index (χ0) is 14.8. The molecular weight excluding hydrogens is 397 g/mol. The molecular formula is C17H17ClINO. The zero-order valence-electron chi connectivity index (χ0n) is 11.8. The predicted molar refractivity (Wildman–Crippen MR) is 95.3 cm³/mol. The minimum atomic E-state index is 0.258. The Kier molecular flexibility index (Phi) is 4.72. The van der Waals surface area contributed by atoms with Crippen molar-refractivity contribution < 1.29 is 4.74 Å². The van der Waals surface area contributed by atoms with E-state index in [0.717, 1.165) is 30.2 Å². The topological polar surface area (TPSA) is 21.3 Å². The summed E-state index contributed by atoms with van der Waals surface area (Å²) in [6.07, 6.45) is 1.83. The van der Waals surface area contributed by atoms with Gasteiger partial charge in [-0.25, -0.2) is 0 Å². The molecule has 0 bridgehead atoms. The van der Waals surface area contributed by atoms with E-state index in [9.17, 15) is 0 Å². The van der Waals surface area contributed by atoms with Gasteiger partial charge < -0.3 is 10.1 Å². The van der Waals surface area contributed by atoms with E-state index in [1.807, 2.05) is 19.2 Å². The summed E-state index contributed by atoms with van der Waals surface area (Å²) in [5, 5.41) is 4.19. The first-order valence-corrected chi connectivity index (χ1v) is 8.50. The lowest BCUT2D eigenvalue weighted by molar-refractivity contribution is 0.352. The van der Waals surface area contributed by atoms with Crippen LogP contribution in [0.15, 0.2) is 36.4 Å². The second kappa shape index (κ2) is 6.55. The zero-order valence-corrected chi connectivity index (χ0v) is 14.7. The summed E-state index contributed by atoms with van der Waals surface area (Å²) in [5.41, 5.74) is 3.70. The fourth-order valence-electron chi connectivity index (χ4n) is 2.80. The van der Waals surface area contributed by atoms with Crippen LogP contribution in [0.4, 0.5) is 0 Å². The van der Waals surface area contributed by atoms with E-state index in [1.165, 1.54) is 20.3 Å². The Labute approximate surface area is 144 Å². The average Bonchev–Trinajstić information content (AvgIpc) is 2.94. The highest BCUT2D eigenvalue weighted by Crippen LogP contribution is 2.35. The van der Waals surface area contributed by atoms with E-state index in [4.69, 9.17) is 16.3 Å². The quantitative estimate of drug-likeness (QED) is 0.751. The normalized spacial score (nSPS) is 14.6. The molecule has 0 aromatic heterocycles. The Morgan fingerprint density at radius 3 is 2.76 bits per heavy atom. The SMILES string of the molecule is CNC(Cc1cc(Cl)cc2c1OCC2)c1ccc(I)cc1. The Morgan fingerprint density at radius 1 is 1.29 bits per heavy atom. The molecule has 1 unspecified atom stereocenters. The molecule has 21 heavy (non-hydrogen) atoms. The minimum Gasteiger partial charge on any atom is -0.493 e. The summed E-state index contributed by atoms with van der Waals surface area (Å²) >= 11 is 8.57. The van der Waals surface area contributed by atoms with Crippen molar-refractivity contribution >= 4 is 34.2 Å². The molecule has 0 radical (unpaired) electrons. The molecule has 0 amide bonds. The van der Waals surface area contributed by atoms with Gasteiger partial charge in [-0.15, -0.1) is 0 Å². The summed E-state index contributed by atoms with van der Waals surface area (Å²) in [6, 6.07) is 12.9. The molecule has 0 saturated heterocycles. The van der Waals surface area contributed by atoms with Crippen LogP contribution in [-0.4, -0.2) is 13.7 Å². The van der Waals surface area contributed by atoms with Gasteiger partial charge in [-0.05, 0) is 77.0 Å². The van der Waals surface area contributed by atoms with Crippen LogP contribution >= 0.6 is 34.2 Å². The highest BCUT2D eigenvalue weighted by Gasteiger charge is 2.20. The first-order valence-electron chi connectivity index (χ1n) is 7.04. The monoisotopic (exact) mass is 413 g/mol. The summed E-state index contributed by atoms with van der Waals surface area (Å²) in [5.74, 6) is 1.03. The fourth-order valence-corrected chi connectivity index (χ4v) is 3.42. The average molecular weight is 414 g/mol. The predicted octanol–water partition coefficient (Wildman–Crippen LogP) is 4.38. The lowest BCUT2D eigenvalue weighted by Crippen LogP contribution is -2.19. The van der Waals surface area contributed by atoms with Gasteiger partial charge in [0, 0.05) is 21.1 Å². The second-order valence-electron chi connectivity index (χ2n) is 5.25. The van der Waals surface area contributed by atoms with Crippen molar-refractivity contribution in [2.24, 2.45) is 0 Å². The van der Waals surface area contributed by atoms with Gasteiger partial charge in [-0.1, -0.05) is 23.7 Å². The Hall–Kier alpha value is -0.780. The van der Waals surface area contributed by atoms with Crippen LogP contribution < -0.4 is 10.1 Å². The maximum absolute atomic E-state index is 6.24. The van der Waals surface area contributed by atoms with Gasteiger partial charge in [0.25, 0.3) is 0 Å². The summed E-state index contributed by atoms with van der Waals surface area (Å²) in [7, 11) is 1.99. The maximum atomic E-state index is 6.24. The molecule has 2 aromatic rings. The number of halogens is 2. The van der Waals surface area contributed by atoms with Crippen molar-refractivity contribution in [2.75, 3.05) is 13.7 Å². The third-order valence-electron chi connectivity index (χ3n) is 3.87. The lowest BCUT2D eigenvalue weighted by Gasteiger charge is -2.19. The highest BCUT2D eigenvalue weighted by atomic mass is 127. The minimum absolute atomic E-state index is 0.258. The van der Waals surface area contributed by atoms with Crippen molar-refractivity contribution in [1.82, 2.24) is 5.32 Å². The van der Waals surface area contributed by atoms with Crippen molar-refractivity contribution in [2.45, 2.75) is 18.9 Å². The number of likely N-dealkylation sites (N-methyl/N-ethyl adjacent to an activating group) is 1. The molecule has 0 aliphatic carbocycles. The summed E-state index contributed by atoms with van der Waals surface area (Å²) in [4.78, 5) is 0. The molecule has 0 saturated carbocycles. The number of rotatable bonds is 4. The third kappa shape index (κ3) is 3.35. The third-order valence-corrected chi connectivity index (χ3v) is 4.81. The fraction of sp³-hybridized carbons (Fsp3) is 0.294. The standard InChI is InChI=1S/C17H17ClINO/c1-20-16(11-2-4-15(19)5-3-11)10-13-9-14(18)8-12-6-7-21-17(12)13/h2-5,8-9,16,20H,6-7,10H2,1H3. The van der Waals surface area contributed by atoms with Gasteiger partial charge in [-0.3, -0.25) is 0 Å². The van der Waals surface area contributed by atoms with Gasteiger partial charge in [0.15, 0.2) is 0 Å². The van der Waals surface area contributed by atoms with Crippen molar-refractivity contribution in [3.05, 3.63) is 61.7 Å². The second-order valence-corrected chi connectivity index (χ2v) is 6.93. The van der Waals surface area contributed by atoms with Gasteiger partial charge in [0.2, 0.25) is 0 Å². The van der Waals surface area contributed by atoms with Crippen molar-refractivity contribution in [3.63, 3.8) is 0 Å². The largest absolute Gasteiger partial charge is 0.493 e. The molecule has 4 heteroatoms. The van der Waals surface area contributed by atoms with E-state index in [-0.39, 0.29) is 6.04 Å². The number of ether oxygens (including phenoxy) is 1. The van der Waals surface area contributed by atoms with Crippen LogP contribution in [0, 0.1) is 3.57 Å². The van der Waals surface area contributed by atoms with E-state index in [1.54, 1.807) is 0 Å². The molecule has 1 aliphatic rings. The molecule has 2 nitrogen and oxygen atoms in total. The van der Waals surface area contributed by atoms with Gasteiger partial charge in [0.05, 0.1) is 6.61 Å². The van der Waals surface area contributed by atoms with Crippen molar-refractivity contribution in [3.8, 4) is 5.75 Å². The van der Waals surface area contributed by atoms with Crippen LogP contribution in [-0.2, 0) is 12.8 Å². The van der Waals surface area contributed by atoms with Gasteiger partial charge in [-0.2, -0.15) is 0 Å². The lowest BCUT2D eigenvalue weighted by atomic mass is 9.97.